The quantitative estimate of drug-likeness (QED) is 0.463. The predicted octanol–water partition coefficient (Wildman–Crippen LogP) is 2.28. The van der Waals surface area contributed by atoms with Crippen molar-refractivity contribution in [2.75, 3.05) is 24.6 Å². The average molecular weight is 323 g/mol. The summed E-state index contributed by atoms with van der Waals surface area (Å²) >= 11 is 0. The summed E-state index contributed by atoms with van der Waals surface area (Å²) in [7, 11) is 0. The van der Waals surface area contributed by atoms with E-state index in [4.69, 9.17) is 4.74 Å². The third kappa shape index (κ3) is 3.22. The van der Waals surface area contributed by atoms with E-state index >= 15 is 0 Å². The minimum absolute atomic E-state index is 0.268. The van der Waals surface area contributed by atoms with E-state index in [1.54, 1.807) is 18.7 Å². The van der Waals surface area contributed by atoms with Crippen LogP contribution in [0.3, 0.4) is 0 Å². The van der Waals surface area contributed by atoms with Crippen LogP contribution in [0, 0.1) is 25.6 Å². The van der Waals surface area contributed by atoms with Gasteiger partial charge in [-0.25, -0.2) is 0 Å². The summed E-state index contributed by atoms with van der Waals surface area (Å²) in [4.78, 5) is 34.4. The Hall–Kier alpha value is -2.71. The molecule has 9 nitrogen and oxygen atoms in total. The molecule has 0 spiro atoms. The molecule has 0 radical (unpaired) electrons. The van der Waals surface area contributed by atoms with Crippen molar-refractivity contribution in [2.24, 2.45) is 5.41 Å². The number of ether oxygens (including phenoxy) is 1. The summed E-state index contributed by atoms with van der Waals surface area (Å²) in [6, 6.07) is 3.52. The third-order valence-electron chi connectivity index (χ3n) is 3.95. The first kappa shape index (κ1) is 16.7. The van der Waals surface area contributed by atoms with Gasteiger partial charge in [0, 0.05) is 19.2 Å². The normalized spacial score (nSPS) is 20.3. The fourth-order valence-corrected chi connectivity index (χ4v) is 2.68. The van der Waals surface area contributed by atoms with Gasteiger partial charge in [0.25, 0.3) is 11.4 Å². The number of carbonyl (C=O) groups excluding carboxylic acids is 1. The Kier molecular flexibility index (Phi) is 4.48. The molecular formula is C14H17N3O6. The van der Waals surface area contributed by atoms with Gasteiger partial charge in [-0.3, -0.25) is 25.0 Å². The van der Waals surface area contributed by atoms with Crippen molar-refractivity contribution >= 4 is 23.0 Å². The molecule has 0 aliphatic carbocycles. The highest BCUT2D eigenvalue weighted by atomic mass is 16.6. The number of nitro groups is 2. The molecule has 1 aliphatic rings. The minimum Gasteiger partial charge on any atom is -0.466 e. The van der Waals surface area contributed by atoms with E-state index in [0.29, 0.717) is 13.0 Å². The fraction of sp³-hybridized carbons (Fsp3) is 0.500. The highest BCUT2D eigenvalue weighted by Crippen LogP contribution is 2.39. The molecule has 1 fully saturated rings. The van der Waals surface area contributed by atoms with Gasteiger partial charge in [0.1, 0.15) is 5.69 Å². The van der Waals surface area contributed by atoms with Crippen molar-refractivity contribution in [3.05, 3.63) is 38.4 Å². The number of nitro benzene ring substituents is 2. The van der Waals surface area contributed by atoms with Crippen molar-refractivity contribution < 1.29 is 19.4 Å². The van der Waals surface area contributed by atoms with Crippen LogP contribution in [0.15, 0.2) is 18.2 Å². The first-order valence-electron chi connectivity index (χ1n) is 7.13. The van der Waals surface area contributed by atoms with E-state index in [1.165, 1.54) is 12.1 Å². The Labute approximate surface area is 132 Å². The molecule has 1 heterocycles. The zero-order valence-electron chi connectivity index (χ0n) is 12.9. The van der Waals surface area contributed by atoms with Gasteiger partial charge in [0.05, 0.1) is 27.9 Å². The molecule has 1 saturated heterocycles. The number of nitrogens with zero attached hydrogens (tertiary/aromatic N) is 3. The Morgan fingerprint density at radius 1 is 1.35 bits per heavy atom. The van der Waals surface area contributed by atoms with Crippen LogP contribution in [0.5, 0.6) is 0 Å². The topological polar surface area (TPSA) is 116 Å². The van der Waals surface area contributed by atoms with Crippen molar-refractivity contribution in [3.63, 3.8) is 0 Å². The number of non-ortho nitro benzene ring substituents is 1. The van der Waals surface area contributed by atoms with Crippen LogP contribution in [0.1, 0.15) is 20.3 Å². The third-order valence-corrected chi connectivity index (χ3v) is 3.95. The summed E-state index contributed by atoms with van der Waals surface area (Å²) < 4.78 is 5.05. The summed E-state index contributed by atoms with van der Waals surface area (Å²) in [5.41, 5.74) is -1.15. The lowest BCUT2D eigenvalue weighted by Crippen LogP contribution is -2.33. The van der Waals surface area contributed by atoms with E-state index in [9.17, 15) is 25.0 Å². The molecule has 0 saturated carbocycles. The fourth-order valence-electron chi connectivity index (χ4n) is 2.68. The summed E-state index contributed by atoms with van der Waals surface area (Å²) in [5.74, 6) is -0.341. The van der Waals surface area contributed by atoms with Gasteiger partial charge in [-0.1, -0.05) is 0 Å². The molecule has 124 valence electrons. The van der Waals surface area contributed by atoms with E-state index < -0.39 is 15.3 Å². The van der Waals surface area contributed by atoms with Crippen molar-refractivity contribution in [2.45, 2.75) is 20.3 Å². The number of rotatable bonds is 5. The lowest BCUT2D eigenvalue weighted by molar-refractivity contribution is -0.393. The number of benzene rings is 1. The second-order valence-corrected chi connectivity index (χ2v) is 5.64. The van der Waals surface area contributed by atoms with Gasteiger partial charge < -0.3 is 9.64 Å². The number of hydrogen-bond acceptors (Lipinski definition) is 7. The molecule has 1 aliphatic heterocycles. The van der Waals surface area contributed by atoms with Crippen LogP contribution in [0.2, 0.25) is 0 Å². The molecular weight excluding hydrogens is 306 g/mol. The van der Waals surface area contributed by atoms with Gasteiger partial charge in [-0.2, -0.15) is 0 Å². The second kappa shape index (κ2) is 6.19. The van der Waals surface area contributed by atoms with E-state index in [2.05, 4.69) is 0 Å². The predicted molar refractivity (Wildman–Crippen MR) is 81.3 cm³/mol. The van der Waals surface area contributed by atoms with Gasteiger partial charge in [0.15, 0.2) is 0 Å². The molecule has 0 bridgehead atoms. The van der Waals surface area contributed by atoms with Crippen molar-refractivity contribution in [3.8, 4) is 0 Å². The summed E-state index contributed by atoms with van der Waals surface area (Å²) in [5, 5.41) is 22.0. The van der Waals surface area contributed by atoms with Crippen molar-refractivity contribution in [1.82, 2.24) is 0 Å². The first-order chi connectivity index (χ1) is 10.8. The molecule has 9 heteroatoms. The molecule has 1 aromatic carbocycles. The van der Waals surface area contributed by atoms with Gasteiger partial charge >= 0.3 is 5.97 Å². The van der Waals surface area contributed by atoms with Crippen LogP contribution < -0.4 is 4.90 Å². The van der Waals surface area contributed by atoms with Crippen LogP contribution in [0.25, 0.3) is 0 Å². The summed E-state index contributed by atoms with van der Waals surface area (Å²) in [6.07, 6.45) is 0.500. The molecule has 23 heavy (non-hydrogen) atoms. The van der Waals surface area contributed by atoms with E-state index in [1.807, 2.05) is 0 Å². The van der Waals surface area contributed by atoms with Gasteiger partial charge in [-0.15, -0.1) is 0 Å². The maximum absolute atomic E-state index is 12.0. The number of hydrogen-bond donors (Lipinski definition) is 0. The lowest BCUT2D eigenvalue weighted by atomic mass is 9.90. The van der Waals surface area contributed by atoms with E-state index in [0.717, 1.165) is 6.07 Å². The van der Waals surface area contributed by atoms with Gasteiger partial charge in [-0.05, 0) is 26.3 Å². The average Bonchev–Trinajstić information content (AvgIpc) is 2.90. The Morgan fingerprint density at radius 3 is 2.61 bits per heavy atom. The monoisotopic (exact) mass is 323 g/mol. The number of anilines is 1. The largest absolute Gasteiger partial charge is 0.466 e. The zero-order chi connectivity index (χ0) is 17.2. The molecule has 1 aromatic rings. The Bertz CT molecular complexity index is 662. The highest BCUT2D eigenvalue weighted by Gasteiger charge is 2.43. The first-order valence-corrected chi connectivity index (χ1v) is 7.13. The van der Waals surface area contributed by atoms with Gasteiger partial charge in [0.2, 0.25) is 0 Å². The Morgan fingerprint density at radius 2 is 2.04 bits per heavy atom. The van der Waals surface area contributed by atoms with E-state index in [-0.39, 0.29) is 36.2 Å². The zero-order valence-corrected chi connectivity index (χ0v) is 12.9. The maximum Gasteiger partial charge on any atom is 0.313 e. The minimum atomic E-state index is -0.744. The Balaban J connectivity index is 2.31. The van der Waals surface area contributed by atoms with Crippen LogP contribution >= 0.6 is 0 Å². The second-order valence-electron chi connectivity index (χ2n) is 5.64. The standard InChI is InChI=1S/C14H17N3O6/c1-3-23-13(18)14(2)6-7-15(9-14)11-5-4-10(16(19)20)8-12(11)17(21)22/h4-5,8H,3,6-7,9H2,1-2H3. The number of carbonyl (C=O) groups is 1. The summed E-state index contributed by atoms with van der Waals surface area (Å²) in [6.45, 7) is 4.45. The van der Waals surface area contributed by atoms with Crippen LogP contribution in [-0.4, -0.2) is 35.5 Å². The van der Waals surface area contributed by atoms with Crippen LogP contribution in [-0.2, 0) is 9.53 Å². The molecule has 0 amide bonds. The molecule has 2 rings (SSSR count). The molecule has 0 aromatic heterocycles. The SMILES string of the molecule is CCOC(=O)C1(C)CCN(c2ccc([N+](=O)[O-])cc2[N+](=O)[O-])C1. The number of esters is 1. The maximum atomic E-state index is 12.0. The highest BCUT2D eigenvalue weighted by molar-refractivity contribution is 5.79. The molecule has 1 unspecified atom stereocenters. The smallest absolute Gasteiger partial charge is 0.313 e. The molecule has 1 atom stereocenters. The van der Waals surface area contributed by atoms with Crippen molar-refractivity contribution in [1.29, 1.82) is 0 Å². The molecule has 0 N–H and O–H groups in total. The lowest BCUT2D eigenvalue weighted by Gasteiger charge is -2.23. The van der Waals surface area contributed by atoms with Crippen LogP contribution in [0.4, 0.5) is 17.1 Å².